The minimum atomic E-state index is -0.664. The maximum Gasteiger partial charge on any atom is 0.410 e. The molecule has 0 radical (unpaired) electrons. The third-order valence-corrected chi connectivity index (χ3v) is 4.22. The van der Waals surface area contributed by atoms with Crippen molar-refractivity contribution in [3.63, 3.8) is 0 Å². The first-order valence-electron chi connectivity index (χ1n) is 8.69. The summed E-state index contributed by atoms with van der Waals surface area (Å²) in [6, 6.07) is 16.1. The Morgan fingerprint density at radius 1 is 1.19 bits per heavy atom. The molecule has 1 fully saturated rings. The van der Waals surface area contributed by atoms with Gasteiger partial charge < -0.3 is 19.5 Å². The molecule has 1 aliphatic rings. The van der Waals surface area contributed by atoms with Crippen LogP contribution in [0.15, 0.2) is 54.6 Å². The Morgan fingerprint density at radius 2 is 1.96 bits per heavy atom. The number of carbonyl (C=O) groups is 2. The first kappa shape index (κ1) is 18.6. The summed E-state index contributed by atoms with van der Waals surface area (Å²) in [4.78, 5) is 25.8. The van der Waals surface area contributed by atoms with E-state index in [1.807, 2.05) is 54.6 Å². The zero-order valence-electron chi connectivity index (χ0n) is 15.1. The zero-order chi connectivity index (χ0) is 19.1. The number of carbonyl (C=O) groups excluding carboxylic acids is 2. The maximum absolute atomic E-state index is 12.5. The summed E-state index contributed by atoms with van der Waals surface area (Å²) in [7, 11) is 1.59. The Labute approximate surface area is 157 Å². The van der Waals surface area contributed by atoms with Gasteiger partial charge in [0.15, 0.2) is 0 Å². The number of hydrogen-bond acceptors (Lipinski definition) is 5. The van der Waals surface area contributed by atoms with Crippen molar-refractivity contribution in [1.29, 1.82) is 0 Å². The lowest BCUT2D eigenvalue weighted by atomic mass is 10.2. The monoisotopic (exact) mass is 370 g/mol. The number of para-hydroxylation sites is 1. The first-order chi connectivity index (χ1) is 13.2. The van der Waals surface area contributed by atoms with E-state index in [4.69, 9.17) is 14.2 Å². The number of methoxy groups -OCH3 is 1. The molecule has 0 spiro atoms. The molecule has 0 aromatic heterocycles. The van der Waals surface area contributed by atoms with E-state index in [1.165, 1.54) is 4.90 Å². The van der Waals surface area contributed by atoms with Gasteiger partial charge in [0.25, 0.3) is 0 Å². The molecule has 0 unspecified atom stereocenters. The molecule has 0 saturated carbocycles. The number of ether oxygens (including phenoxy) is 3. The Kier molecular flexibility index (Phi) is 6.14. The molecule has 7 heteroatoms. The average molecular weight is 370 g/mol. The Morgan fingerprint density at radius 3 is 2.74 bits per heavy atom. The lowest BCUT2D eigenvalue weighted by molar-refractivity contribution is -0.125. The van der Waals surface area contributed by atoms with Gasteiger partial charge in [-0.25, -0.2) is 4.79 Å². The second-order valence-electron chi connectivity index (χ2n) is 6.02. The lowest BCUT2D eigenvalue weighted by Crippen LogP contribution is -2.46. The van der Waals surface area contributed by atoms with Crippen LogP contribution in [0.3, 0.4) is 0 Å². The fourth-order valence-electron chi connectivity index (χ4n) is 2.78. The highest BCUT2D eigenvalue weighted by molar-refractivity contribution is 5.87. The number of nitrogens with one attached hydrogen (secondary N) is 1. The molecule has 2 amide bonds. The van der Waals surface area contributed by atoms with E-state index < -0.39 is 12.1 Å². The minimum Gasteiger partial charge on any atom is -0.497 e. The van der Waals surface area contributed by atoms with E-state index >= 15 is 0 Å². The van der Waals surface area contributed by atoms with Crippen LogP contribution in [0, 0.1) is 0 Å². The summed E-state index contributed by atoms with van der Waals surface area (Å²) in [5.41, 5.74) is 0.909. The average Bonchev–Trinajstić information content (AvgIpc) is 3.08. The molecular formula is C20H22N2O5. The second kappa shape index (κ2) is 8.93. The van der Waals surface area contributed by atoms with Crippen LogP contribution >= 0.6 is 0 Å². The Balaban J connectivity index is 1.52. The third kappa shape index (κ3) is 4.91. The molecule has 2 aromatic carbocycles. The molecule has 0 aliphatic carbocycles. The summed E-state index contributed by atoms with van der Waals surface area (Å²) < 4.78 is 15.8. The number of hydrogen-bond donors (Lipinski definition) is 1. The van der Waals surface area contributed by atoms with Crippen molar-refractivity contribution in [3.05, 3.63) is 60.2 Å². The first-order valence-corrected chi connectivity index (χ1v) is 8.69. The van der Waals surface area contributed by atoms with Crippen molar-refractivity contribution < 1.29 is 23.8 Å². The SMILES string of the molecule is COc1cccc(CNC(=O)[C@@H]2COC(=O)N2CCOc2ccccc2)c1. The van der Waals surface area contributed by atoms with Crippen LogP contribution in [0.5, 0.6) is 11.5 Å². The third-order valence-electron chi connectivity index (χ3n) is 4.22. The number of amides is 2. The molecule has 1 N–H and O–H groups in total. The van der Waals surface area contributed by atoms with Gasteiger partial charge in [0.1, 0.15) is 30.8 Å². The highest BCUT2D eigenvalue weighted by atomic mass is 16.6. The predicted molar refractivity (Wildman–Crippen MR) is 98.6 cm³/mol. The maximum atomic E-state index is 12.5. The van der Waals surface area contributed by atoms with Crippen LogP contribution in [0.1, 0.15) is 5.56 Å². The van der Waals surface area contributed by atoms with Crippen LogP contribution < -0.4 is 14.8 Å². The van der Waals surface area contributed by atoms with Gasteiger partial charge in [-0.15, -0.1) is 0 Å². The summed E-state index contributed by atoms with van der Waals surface area (Å²) in [5.74, 6) is 1.17. The fraction of sp³-hybridized carbons (Fsp3) is 0.300. The van der Waals surface area contributed by atoms with Crippen LogP contribution in [-0.2, 0) is 16.1 Å². The van der Waals surface area contributed by atoms with Gasteiger partial charge in [-0.2, -0.15) is 0 Å². The number of rotatable bonds is 8. The molecule has 142 valence electrons. The molecule has 3 rings (SSSR count). The van der Waals surface area contributed by atoms with Gasteiger partial charge in [-0.1, -0.05) is 30.3 Å². The van der Waals surface area contributed by atoms with E-state index in [9.17, 15) is 9.59 Å². The highest BCUT2D eigenvalue weighted by Crippen LogP contribution is 2.15. The highest BCUT2D eigenvalue weighted by Gasteiger charge is 2.37. The summed E-state index contributed by atoms with van der Waals surface area (Å²) >= 11 is 0. The second-order valence-corrected chi connectivity index (χ2v) is 6.02. The van der Waals surface area contributed by atoms with E-state index in [0.29, 0.717) is 12.3 Å². The van der Waals surface area contributed by atoms with Gasteiger partial charge >= 0.3 is 6.09 Å². The smallest absolute Gasteiger partial charge is 0.410 e. The van der Waals surface area contributed by atoms with Gasteiger partial charge in [-0.05, 0) is 29.8 Å². The van der Waals surface area contributed by atoms with Crippen molar-refractivity contribution in [3.8, 4) is 11.5 Å². The van der Waals surface area contributed by atoms with E-state index in [2.05, 4.69) is 5.32 Å². The Hall–Kier alpha value is -3.22. The van der Waals surface area contributed by atoms with Crippen LogP contribution in [0.2, 0.25) is 0 Å². The van der Waals surface area contributed by atoms with Crippen molar-refractivity contribution >= 4 is 12.0 Å². The van der Waals surface area contributed by atoms with Crippen LogP contribution in [0.4, 0.5) is 4.79 Å². The summed E-state index contributed by atoms with van der Waals surface area (Å²) in [6.07, 6.45) is -0.506. The normalized spacial score (nSPS) is 16.0. The number of benzene rings is 2. The van der Waals surface area contributed by atoms with Gasteiger partial charge in [0.2, 0.25) is 5.91 Å². The predicted octanol–water partition coefficient (Wildman–Crippen LogP) is 2.21. The summed E-state index contributed by atoms with van der Waals surface area (Å²) in [5, 5.41) is 2.84. The van der Waals surface area contributed by atoms with Crippen LogP contribution in [0.25, 0.3) is 0 Å². The molecule has 2 aromatic rings. The van der Waals surface area contributed by atoms with Crippen molar-refractivity contribution in [2.45, 2.75) is 12.6 Å². The largest absolute Gasteiger partial charge is 0.497 e. The van der Waals surface area contributed by atoms with Crippen molar-refractivity contribution in [1.82, 2.24) is 10.2 Å². The molecular weight excluding hydrogens is 348 g/mol. The molecule has 1 aliphatic heterocycles. The molecule has 1 atom stereocenters. The van der Waals surface area contributed by atoms with E-state index in [-0.39, 0.29) is 25.7 Å². The van der Waals surface area contributed by atoms with E-state index in [1.54, 1.807) is 7.11 Å². The topological polar surface area (TPSA) is 77.1 Å². The minimum absolute atomic E-state index is 0.0358. The summed E-state index contributed by atoms with van der Waals surface area (Å²) in [6.45, 7) is 0.924. The van der Waals surface area contributed by atoms with Crippen molar-refractivity contribution in [2.75, 3.05) is 26.9 Å². The zero-order valence-corrected chi connectivity index (χ0v) is 15.1. The molecule has 27 heavy (non-hydrogen) atoms. The van der Waals surface area contributed by atoms with E-state index in [0.717, 1.165) is 11.3 Å². The molecule has 0 bridgehead atoms. The Bertz CT molecular complexity index is 781. The van der Waals surface area contributed by atoms with Gasteiger partial charge in [0, 0.05) is 6.54 Å². The lowest BCUT2D eigenvalue weighted by Gasteiger charge is -2.21. The molecule has 7 nitrogen and oxygen atoms in total. The van der Waals surface area contributed by atoms with Gasteiger partial charge in [-0.3, -0.25) is 9.69 Å². The van der Waals surface area contributed by atoms with Gasteiger partial charge in [0.05, 0.1) is 13.7 Å². The molecule has 1 heterocycles. The van der Waals surface area contributed by atoms with Crippen molar-refractivity contribution in [2.24, 2.45) is 0 Å². The molecule has 1 saturated heterocycles. The quantitative estimate of drug-likeness (QED) is 0.771. The van der Waals surface area contributed by atoms with Crippen LogP contribution in [-0.4, -0.2) is 49.8 Å². The number of nitrogens with zero attached hydrogens (tertiary/aromatic N) is 1. The number of cyclic esters (lactones) is 1. The standard InChI is InChI=1S/C20H22N2O5/c1-25-17-9-5-6-15(12-17)13-21-19(23)18-14-27-20(24)22(18)10-11-26-16-7-3-2-4-8-16/h2-9,12,18H,10-11,13-14H2,1H3,(H,21,23)/t18-/m0/s1. The fourth-order valence-corrected chi connectivity index (χ4v) is 2.78.